The van der Waals surface area contributed by atoms with Gasteiger partial charge in [-0.15, -0.1) is 0 Å². The third kappa shape index (κ3) is 2.69. The van der Waals surface area contributed by atoms with E-state index in [1.807, 2.05) is 0 Å². The Balaban J connectivity index is 2.11. The lowest BCUT2D eigenvalue weighted by molar-refractivity contribution is 0.0696. The predicted molar refractivity (Wildman–Crippen MR) is 89.6 cm³/mol. The molecule has 24 heavy (non-hydrogen) atoms. The number of hydrogen-bond acceptors (Lipinski definition) is 5. The number of aromatic nitrogens is 1. The summed E-state index contributed by atoms with van der Waals surface area (Å²) in [6, 6.07) is 5.97. The number of fused-ring (bicyclic) bond motifs is 1. The topological polar surface area (TPSA) is 114 Å². The molecule has 7 nitrogen and oxygen atoms in total. The summed E-state index contributed by atoms with van der Waals surface area (Å²) in [6.07, 6.45) is 2.75. The van der Waals surface area contributed by atoms with Gasteiger partial charge in [0.2, 0.25) is 0 Å². The second-order valence-electron chi connectivity index (χ2n) is 5.73. The van der Waals surface area contributed by atoms with Crippen LogP contribution in [0.5, 0.6) is 0 Å². The van der Waals surface area contributed by atoms with Crippen molar-refractivity contribution in [2.75, 3.05) is 16.6 Å². The van der Waals surface area contributed by atoms with E-state index in [0.717, 1.165) is 0 Å². The monoisotopic (exact) mass is 347 g/mol. The van der Waals surface area contributed by atoms with Crippen LogP contribution in [-0.2, 0) is 16.4 Å². The van der Waals surface area contributed by atoms with Gasteiger partial charge in [-0.05, 0) is 55.2 Å². The van der Waals surface area contributed by atoms with Gasteiger partial charge in [0.1, 0.15) is 10.7 Å². The van der Waals surface area contributed by atoms with Crippen molar-refractivity contribution in [1.29, 1.82) is 0 Å². The Morgan fingerprint density at radius 2 is 2.08 bits per heavy atom. The van der Waals surface area contributed by atoms with E-state index in [0.29, 0.717) is 36.2 Å². The van der Waals surface area contributed by atoms with Crippen LogP contribution in [0.3, 0.4) is 0 Å². The van der Waals surface area contributed by atoms with Crippen LogP contribution in [0.2, 0.25) is 0 Å². The van der Waals surface area contributed by atoms with Gasteiger partial charge in [-0.25, -0.2) is 18.2 Å². The van der Waals surface area contributed by atoms with E-state index in [1.54, 1.807) is 6.92 Å². The van der Waals surface area contributed by atoms with E-state index in [-0.39, 0.29) is 16.3 Å². The first-order valence-electron chi connectivity index (χ1n) is 7.42. The number of anilines is 2. The summed E-state index contributed by atoms with van der Waals surface area (Å²) < 4.78 is 27.3. The first-order chi connectivity index (χ1) is 11.3. The summed E-state index contributed by atoms with van der Waals surface area (Å²) in [5.74, 6) is -1.08. The van der Waals surface area contributed by atoms with Crippen molar-refractivity contribution >= 4 is 27.5 Å². The van der Waals surface area contributed by atoms with E-state index in [1.165, 1.54) is 34.8 Å². The molecule has 2 heterocycles. The van der Waals surface area contributed by atoms with Crippen molar-refractivity contribution in [1.82, 2.24) is 4.98 Å². The molecule has 3 rings (SSSR count). The average Bonchev–Trinajstić information content (AvgIpc) is 2.55. The number of aromatic carboxylic acids is 1. The normalized spacial score (nSPS) is 14.3. The minimum absolute atomic E-state index is 0.0299. The Hall–Kier alpha value is -2.61. The quantitative estimate of drug-likeness (QED) is 0.875. The molecular weight excluding hydrogens is 330 g/mol. The summed E-state index contributed by atoms with van der Waals surface area (Å²) >= 11 is 0. The molecular formula is C16H17N3O4S. The number of nitrogens with zero attached hydrogens (tertiary/aromatic N) is 2. The molecule has 1 aromatic heterocycles. The number of carboxylic acid groups (broad SMARTS) is 1. The minimum Gasteiger partial charge on any atom is -0.478 e. The van der Waals surface area contributed by atoms with Crippen LogP contribution in [-0.4, -0.2) is 31.0 Å². The number of benzene rings is 1. The van der Waals surface area contributed by atoms with Crippen molar-refractivity contribution in [3.8, 4) is 0 Å². The van der Waals surface area contributed by atoms with Crippen molar-refractivity contribution in [3.05, 3.63) is 47.2 Å². The molecule has 3 N–H and O–H groups in total. The smallest absolute Gasteiger partial charge is 0.335 e. The average molecular weight is 347 g/mol. The lowest BCUT2D eigenvalue weighted by atomic mass is 10.0. The fourth-order valence-corrected chi connectivity index (χ4v) is 4.52. The number of rotatable bonds is 3. The number of hydrogen-bond donors (Lipinski definition) is 2. The van der Waals surface area contributed by atoms with E-state index in [2.05, 4.69) is 4.98 Å². The van der Waals surface area contributed by atoms with Crippen molar-refractivity contribution in [2.45, 2.75) is 24.7 Å². The Morgan fingerprint density at radius 1 is 1.33 bits per heavy atom. The van der Waals surface area contributed by atoms with Gasteiger partial charge >= 0.3 is 5.97 Å². The minimum atomic E-state index is -3.86. The highest BCUT2D eigenvalue weighted by Gasteiger charge is 2.31. The SMILES string of the molecule is Cc1cnc(N)c(S(=O)(=O)N2CCCc3cc(C(=O)O)ccc32)c1. The van der Waals surface area contributed by atoms with Crippen LogP contribution < -0.4 is 10.0 Å². The Bertz CT molecular complexity index is 925. The Labute approximate surface area is 139 Å². The van der Waals surface area contributed by atoms with Crippen LogP contribution in [0.4, 0.5) is 11.5 Å². The largest absolute Gasteiger partial charge is 0.478 e. The second-order valence-corrected chi connectivity index (χ2v) is 7.56. The second kappa shape index (κ2) is 5.79. The number of aryl methyl sites for hydroxylation is 2. The van der Waals surface area contributed by atoms with Crippen LogP contribution in [0.25, 0.3) is 0 Å². The summed E-state index contributed by atoms with van der Waals surface area (Å²) in [7, 11) is -3.86. The summed E-state index contributed by atoms with van der Waals surface area (Å²) in [6.45, 7) is 2.06. The fourth-order valence-electron chi connectivity index (χ4n) is 2.82. The molecule has 1 aliphatic heterocycles. The summed E-state index contributed by atoms with van der Waals surface area (Å²) in [5.41, 5.74) is 7.80. The first kappa shape index (κ1) is 16.3. The number of nitrogen functional groups attached to an aromatic ring is 1. The third-order valence-electron chi connectivity index (χ3n) is 3.99. The molecule has 0 amide bonds. The van der Waals surface area contributed by atoms with E-state index < -0.39 is 16.0 Å². The molecule has 0 radical (unpaired) electrons. The highest BCUT2D eigenvalue weighted by molar-refractivity contribution is 7.93. The van der Waals surface area contributed by atoms with Crippen LogP contribution >= 0.6 is 0 Å². The Morgan fingerprint density at radius 3 is 2.79 bits per heavy atom. The predicted octanol–water partition coefficient (Wildman–Crippen LogP) is 1.81. The maximum Gasteiger partial charge on any atom is 0.335 e. The number of carbonyl (C=O) groups is 1. The molecule has 2 aromatic rings. The van der Waals surface area contributed by atoms with Gasteiger partial charge in [-0.3, -0.25) is 4.31 Å². The van der Waals surface area contributed by atoms with Crippen LogP contribution in [0, 0.1) is 6.92 Å². The van der Waals surface area contributed by atoms with Gasteiger partial charge < -0.3 is 10.8 Å². The zero-order valence-electron chi connectivity index (χ0n) is 13.1. The van der Waals surface area contributed by atoms with E-state index in [4.69, 9.17) is 10.8 Å². The van der Waals surface area contributed by atoms with E-state index in [9.17, 15) is 13.2 Å². The van der Waals surface area contributed by atoms with E-state index >= 15 is 0 Å². The van der Waals surface area contributed by atoms with Gasteiger partial charge in [0.05, 0.1) is 11.3 Å². The molecule has 0 bridgehead atoms. The molecule has 0 fully saturated rings. The van der Waals surface area contributed by atoms with Crippen LogP contribution in [0.1, 0.15) is 27.9 Å². The third-order valence-corrected chi connectivity index (χ3v) is 5.83. The van der Waals surface area contributed by atoms with Crippen molar-refractivity contribution in [2.24, 2.45) is 0 Å². The molecule has 0 unspecified atom stereocenters. The number of nitrogens with two attached hydrogens (primary N) is 1. The lowest BCUT2D eigenvalue weighted by Crippen LogP contribution is -2.36. The molecule has 0 aliphatic carbocycles. The van der Waals surface area contributed by atoms with Gasteiger partial charge in [-0.1, -0.05) is 0 Å². The summed E-state index contributed by atoms with van der Waals surface area (Å²) in [5, 5.41) is 9.10. The highest BCUT2D eigenvalue weighted by Crippen LogP contribution is 2.34. The van der Waals surface area contributed by atoms with Crippen molar-refractivity contribution in [3.63, 3.8) is 0 Å². The molecule has 8 heteroatoms. The number of carboxylic acids is 1. The molecule has 1 aliphatic rings. The molecule has 0 atom stereocenters. The van der Waals surface area contributed by atoms with Gasteiger partial charge in [0.25, 0.3) is 10.0 Å². The molecule has 0 spiro atoms. The maximum atomic E-state index is 13.0. The standard InChI is InChI=1S/C16H17N3O4S/c1-10-7-14(15(17)18-9-10)24(22,23)19-6-2-3-11-8-12(16(20)21)4-5-13(11)19/h4-5,7-9H,2-3,6H2,1H3,(H2,17,18)(H,20,21). The molecule has 0 saturated carbocycles. The fraction of sp³-hybridized carbons (Fsp3) is 0.250. The van der Waals surface area contributed by atoms with Gasteiger partial charge in [0.15, 0.2) is 0 Å². The number of pyridine rings is 1. The Kier molecular flexibility index (Phi) is 3.92. The summed E-state index contributed by atoms with van der Waals surface area (Å²) in [4.78, 5) is 15.0. The molecule has 0 saturated heterocycles. The van der Waals surface area contributed by atoms with Crippen molar-refractivity contribution < 1.29 is 18.3 Å². The zero-order chi connectivity index (χ0) is 17.5. The molecule has 126 valence electrons. The van der Waals surface area contributed by atoms with Gasteiger partial charge in [-0.2, -0.15) is 0 Å². The number of sulfonamides is 1. The van der Waals surface area contributed by atoms with Crippen LogP contribution in [0.15, 0.2) is 35.4 Å². The zero-order valence-corrected chi connectivity index (χ0v) is 13.9. The lowest BCUT2D eigenvalue weighted by Gasteiger charge is -2.31. The molecule has 1 aromatic carbocycles. The maximum absolute atomic E-state index is 13.0. The highest BCUT2D eigenvalue weighted by atomic mass is 32.2. The van der Waals surface area contributed by atoms with Gasteiger partial charge in [0, 0.05) is 12.7 Å². The first-order valence-corrected chi connectivity index (χ1v) is 8.86.